The molecule has 1 unspecified atom stereocenters. The minimum Gasteiger partial charge on any atom is -0.446 e. The molecular formula is C14H25NO3. The van der Waals surface area contributed by atoms with Crippen molar-refractivity contribution in [3.05, 3.63) is 12.2 Å². The second-order valence-corrected chi connectivity index (χ2v) is 4.85. The Morgan fingerprint density at radius 2 is 2.11 bits per heavy atom. The Morgan fingerprint density at radius 3 is 2.89 bits per heavy atom. The van der Waals surface area contributed by atoms with E-state index in [2.05, 4.69) is 17.5 Å². The summed E-state index contributed by atoms with van der Waals surface area (Å²) in [5, 5.41) is 2.72. The van der Waals surface area contributed by atoms with Gasteiger partial charge in [0.2, 0.25) is 0 Å². The number of ether oxygens (including phenoxy) is 2. The lowest BCUT2D eigenvalue weighted by Crippen LogP contribution is -2.32. The van der Waals surface area contributed by atoms with Gasteiger partial charge in [-0.1, -0.05) is 12.2 Å². The van der Waals surface area contributed by atoms with Crippen molar-refractivity contribution in [2.75, 3.05) is 13.2 Å². The average molecular weight is 255 g/mol. The maximum atomic E-state index is 11.5. The first-order chi connectivity index (χ1) is 8.68. The highest BCUT2D eigenvalue weighted by atomic mass is 16.6. The zero-order valence-corrected chi connectivity index (χ0v) is 11.5. The fourth-order valence-corrected chi connectivity index (χ4v) is 1.88. The summed E-state index contributed by atoms with van der Waals surface area (Å²) in [5.74, 6) is 0. The van der Waals surface area contributed by atoms with Crippen LogP contribution < -0.4 is 5.32 Å². The van der Waals surface area contributed by atoms with Crippen LogP contribution in [0.4, 0.5) is 4.79 Å². The van der Waals surface area contributed by atoms with E-state index in [0.717, 1.165) is 32.1 Å². The van der Waals surface area contributed by atoms with E-state index in [1.807, 2.05) is 13.8 Å². The number of amides is 1. The molecule has 0 aromatic carbocycles. The quantitative estimate of drug-likeness (QED) is 0.607. The fraction of sp³-hybridized carbons (Fsp3) is 0.786. The van der Waals surface area contributed by atoms with Gasteiger partial charge in [-0.3, -0.25) is 0 Å². The second kappa shape index (κ2) is 8.97. The van der Waals surface area contributed by atoms with Crippen molar-refractivity contribution >= 4 is 6.09 Å². The van der Waals surface area contributed by atoms with E-state index in [9.17, 15) is 4.79 Å². The molecule has 4 nitrogen and oxygen atoms in total. The largest absolute Gasteiger partial charge is 0.446 e. The van der Waals surface area contributed by atoms with Crippen molar-refractivity contribution in [2.45, 2.75) is 58.2 Å². The summed E-state index contributed by atoms with van der Waals surface area (Å²) >= 11 is 0. The van der Waals surface area contributed by atoms with Gasteiger partial charge in [-0.2, -0.15) is 0 Å². The summed E-state index contributed by atoms with van der Waals surface area (Å²) in [6.45, 7) is 4.98. The van der Waals surface area contributed by atoms with Gasteiger partial charge in [0.15, 0.2) is 0 Å². The molecule has 0 aromatic heterocycles. The van der Waals surface area contributed by atoms with Crippen molar-refractivity contribution in [2.24, 2.45) is 0 Å². The van der Waals surface area contributed by atoms with Gasteiger partial charge in [-0.25, -0.2) is 4.79 Å². The third kappa shape index (κ3) is 7.33. The maximum absolute atomic E-state index is 11.5. The summed E-state index contributed by atoms with van der Waals surface area (Å²) in [6, 6.07) is 0. The number of rotatable bonds is 5. The molecule has 0 spiro atoms. The molecule has 1 rings (SSSR count). The second-order valence-electron chi connectivity index (χ2n) is 4.85. The van der Waals surface area contributed by atoms with Crippen LogP contribution in [-0.4, -0.2) is 31.5 Å². The molecule has 0 bridgehead atoms. The molecule has 1 amide bonds. The van der Waals surface area contributed by atoms with E-state index in [1.165, 1.54) is 0 Å². The van der Waals surface area contributed by atoms with Gasteiger partial charge in [0.05, 0.1) is 12.7 Å². The highest BCUT2D eigenvalue weighted by Crippen LogP contribution is 2.15. The van der Waals surface area contributed by atoms with Gasteiger partial charge in [0, 0.05) is 6.54 Å². The monoisotopic (exact) mass is 255 g/mol. The molecule has 0 aliphatic heterocycles. The van der Waals surface area contributed by atoms with Crippen LogP contribution in [0.5, 0.6) is 0 Å². The Kier molecular flexibility index (Phi) is 7.49. The number of hydrogen-bond donors (Lipinski definition) is 1. The molecule has 0 fully saturated rings. The molecule has 1 aliphatic carbocycles. The van der Waals surface area contributed by atoms with E-state index in [-0.39, 0.29) is 18.3 Å². The van der Waals surface area contributed by atoms with E-state index < -0.39 is 0 Å². The number of carbonyl (C=O) groups is 1. The van der Waals surface area contributed by atoms with Crippen LogP contribution in [0, 0.1) is 0 Å². The topological polar surface area (TPSA) is 47.6 Å². The molecule has 104 valence electrons. The van der Waals surface area contributed by atoms with Crippen molar-refractivity contribution in [3.63, 3.8) is 0 Å². The van der Waals surface area contributed by atoms with Crippen LogP contribution in [0.15, 0.2) is 12.2 Å². The maximum Gasteiger partial charge on any atom is 0.407 e. The molecule has 18 heavy (non-hydrogen) atoms. The van der Waals surface area contributed by atoms with Gasteiger partial charge in [-0.15, -0.1) is 0 Å². The van der Waals surface area contributed by atoms with Gasteiger partial charge < -0.3 is 14.8 Å². The van der Waals surface area contributed by atoms with Crippen LogP contribution >= 0.6 is 0 Å². The highest BCUT2D eigenvalue weighted by Gasteiger charge is 2.14. The molecule has 0 radical (unpaired) electrons. The summed E-state index contributed by atoms with van der Waals surface area (Å²) in [4.78, 5) is 11.5. The molecule has 4 heteroatoms. The lowest BCUT2D eigenvalue weighted by atomic mass is 10.0. The lowest BCUT2D eigenvalue weighted by Gasteiger charge is -2.18. The molecule has 0 saturated heterocycles. The minimum atomic E-state index is -0.322. The highest BCUT2D eigenvalue weighted by molar-refractivity contribution is 5.67. The molecule has 0 saturated carbocycles. The SMILES string of the molecule is CC(C)OCCNC(=O)OC1CC/C=C/CCC1. The van der Waals surface area contributed by atoms with Gasteiger partial charge >= 0.3 is 6.09 Å². The van der Waals surface area contributed by atoms with E-state index >= 15 is 0 Å². The van der Waals surface area contributed by atoms with Gasteiger partial charge in [0.1, 0.15) is 6.10 Å². The third-order valence-electron chi connectivity index (χ3n) is 2.82. The first-order valence-electron chi connectivity index (χ1n) is 6.89. The Labute approximate surface area is 110 Å². The fourth-order valence-electron chi connectivity index (χ4n) is 1.88. The van der Waals surface area contributed by atoms with E-state index in [1.54, 1.807) is 0 Å². The average Bonchev–Trinajstić information content (AvgIpc) is 2.28. The Morgan fingerprint density at radius 1 is 1.33 bits per heavy atom. The van der Waals surface area contributed by atoms with Crippen molar-refractivity contribution in [1.29, 1.82) is 0 Å². The third-order valence-corrected chi connectivity index (χ3v) is 2.82. The van der Waals surface area contributed by atoms with Gasteiger partial charge in [-0.05, 0) is 46.0 Å². The van der Waals surface area contributed by atoms with Crippen LogP contribution in [0.2, 0.25) is 0 Å². The lowest BCUT2D eigenvalue weighted by molar-refractivity contribution is 0.0675. The summed E-state index contributed by atoms with van der Waals surface area (Å²) < 4.78 is 10.7. The minimum absolute atomic E-state index is 0.0565. The van der Waals surface area contributed by atoms with Crippen molar-refractivity contribution < 1.29 is 14.3 Å². The van der Waals surface area contributed by atoms with Crippen LogP contribution in [-0.2, 0) is 9.47 Å². The van der Waals surface area contributed by atoms with Crippen LogP contribution in [0.25, 0.3) is 0 Å². The summed E-state index contributed by atoms with van der Waals surface area (Å²) in [6.07, 6.45) is 9.36. The predicted molar refractivity (Wildman–Crippen MR) is 71.6 cm³/mol. The zero-order valence-electron chi connectivity index (χ0n) is 11.5. The van der Waals surface area contributed by atoms with E-state index in [0.29, 0.717) is 13.2 Å². The molecule has 1 aliphatic rings. The Balaban J connectivity index is 2.12. The Bertz CT molecular complexity index is 264. The Hall–Kier alpha value is -1.03. The first-order valence-corrected chi connectivity index (χ1v) is 6.89. The summed E-state index contributed by atoms with van der Waals surface area (Å²) in [5.41, 5.74) is 0. The molecule has 1 atom stereocenters. The normalized spacial score (nSPS) is 22.1. The zero-order chi connectivity index (χ0) is 13.2. The number of alkyl carbamates (subject to hydrolysis) is 1. The number of hydrogen-bond acceptors (Lipinski definition) is 3. The van der Waals surface area contributed by atoms with Crippen molar-refractivity contribution in [1.82, 2.24) is 5.32 Å². The standard InChI is InChI=1S/C14H25NO3/c1-12(2)17-11-10-15-14(16)18-13-8-6-4-3-5-7-9-13/h3-4,12-13H,5-11H2,1-2H3,(H,15,16)/b4-3+. The number of allylic oxidation sites excluding steroid dienone is 2. The molecule has 0 heterocycles. The smallest absolute Gasteiger partial charge is 0.407 e. The number of carbonyl (C=O) groups excluding carboxylic acids is 1. The van der Waals surface area contributed by atoms with Crippen LogP contribution in [0.3, 0.4) is 0 Å². The predicted octanol–water partition coefficient (Wildman–Crippen LogP) is 3.03. The van der Waals surface area contributed by atoms with Gasteiger partial charge in [0.25, 0.3) is 0 Å². The van der Waals surface area contributed by atoms with E-state index in [4.69, 9.17) is 9.47 Å². The molecule has 0 aromatic rings. The molecule has 1 N–H and O–H groups in total. The first kappa shape index (κ1) is 15.0. The number of nitrogens with one attached hydrogen (secondary N) is 1. The van der Waals surface area contributed by atoms with Crippen molar-refractivity contribution in [3.8, 4) is 0 Å². The summed E-state index contributed by atoms with van der Waals surface area (Å²) in [7, 11) is 0. The van der Waals surface area contributed by atoms with Crippen LogP contribution in [0.1, 0.15) is 46.0 Å². The molecular weight excluding hydrogens is 230 g/mol.